The zero-order valence-corrected chi connectivity index (χ0v) is 11.3. The van der Waals surface area contributed by atoms with Crippen molar-refractivity contribution in [3.63, 3.8) is 0 Å². The van der Waals surface area contributed by atoms with E-state index < -0.39 is 5.97 Å². The summed E-state index contributed by atoms with van der Waals surface area (Å²) < 4.78 is 0. The lowest BCUT2D eigenvalue weighted by atomic mass is 9.99. The van der Waals surface area contributed by atoms with Crippen LogP contribution in [0.3, 0.4) is 0 Å². The SMILES string of the molecule is O=C(O)c1ccc(NC(=O)C2CCCCCC2)cc1O. The predicted octanol–water partition coefficient (Wildman–Crippen LogP) is 3.00. The summed E-state index contributed by atoms with van der Waals surface area (Å²) in [5.74, 6) is -1.56. The first-order valence-corrected chi connectivity index (χ1v) is 6.95. The van der Waals surface area contributed by atoms with E-state index >= 15 is 0 Å². The molecule has 1 aliphatic rings. The monoisotopic (exact) mass is 277 g/mol. The number of carbonyl (C=O) groups is 2. The molecule has 108 valence electrons. The molecule has 1 fully saturated rings. The largest absolute Gasteiger partial charge is 0.507 e. The molecule has 0 aromatic heterocycles. The van der Waals surface area contributed by atoms with E-state index in [1.54, 1.807) is 0 Å². The maximum absolute atomic E-state index is 12.1. The van der Waals surface area contributed by atoms with Gasteiger partial charge < -0.3 is 15.5 Å². The van der Waals surface area contributed by atoms with Crippen LogP contribution in [0.15, 0.2) is 18.2 Å². The van der Waals surface area contributed by atoms with Crippen LogP contribution < -0.4 is 5.32 Å². The van der Waals surface area contributed by atoms with Crippen LogP contribution in [0.5, 0.6) is 5.75 Å². The van der Waals surface area contributed by atoms with Gasteiger partial charge in [-0.25, -0.2) is 4.79 Å². The van der Waals surface area contributed by atoms with E-state index in [0.29, 0.717) is 5.69 Å². The van der Waals surface area contributed by atoms with Crippen molar-refractivity contribution in [3.8, 4) is 5.75 Å². The molecular formula is C15H19NO4. The van der Waals surface area contributed by atoms with Crippen molar-refractivity contribution in [2.24, 2.45) is 5.92 Å². The molecule has 3 N–H and O–H groups in total. The number of phenols is 1. The third kappa shape index (κ3) is 3.50. The number of carboxylic acid groups (broad SMARTS) is 1. The quantitative estimate of drug-likeness (QED) is 0.741. The van der Waals surface area contributed by atoms with E-state index in [0.717, 1.165) is 25.7 Å². The van der Waals surface area contributed by atoms with Crippen LogP contribution in [0.4, 0.5) is 5.69 Å². The number of nitrogens with one attached hydrogen (secondary N) is 1. The van der Waals surface area contributed by atoms with Crippen LogP contribution in [0, 0.1) is 5.92 Å². The third-order valence-electron chi connectivity index (χ3n) is 3.72. The molecule has 0 bridgehead atoms. The molecule has 0 unspecified atom stereocenters. The van der Waals surface area contributed by atoms with Crippen LogP contribution >= 0.6 is 0 Å². The van der Waals surface area contributed by atoms with E-state index in [9.17, 15) is 14.7 Å². The summed E-state index contributed by atoms with van der Waals surface area (Å²) in [6.45, 7) is 0. The van der Waals surface area contributed by atoms with Gasteiger partial charge in [0.1, 0.15) is 11.3 Å². The van der Waals surface area contributed by atoms with Gasteiger partial charge in [-0.3, -0.25) is 4.79 Å². The molecular weight excluding hydrogens is 258 g/mol. The van der Waals surface area contributed by atoms with Crippen LogP contribution in [0.2, 0.25) is 0 Å². The molecule has 5 nitrogen and oxygen atoms in total. The highest BCUT2D eigenvalue weighted by Crippen LogP contribution is 2.26. The zero-order chi connectivity index (χ0) is 14.5. The number of anilines is 1. The molecule has 0 saturated heterocycles. The normalized spacial score (nSPS) is 16.4. The summed E-state index contributed by atoms with van der Waals surface area (Å²) in [6, 6.07) is 4.07. The molecule has 0 heterocycles. The highest BCUT2D eigenvalue weighted by Gasteiger charge is 2.20. The Bertz CT molecular complexity index is 505. The molecule has 1 aliphatic carbocycles. The Morgan fingerprint density at radius 3 is 2.30 bits per heavy atom. The van der Waals surface area contributed by atoms with E-state index in [2.05, 4.69) is 5.32 Å². The number of aromatic hydroxyl groups is 1. The maximum Gasteiger partial charge on any atom is 0.339 e. The smallest absolute Gasteiger partial charge is 0.339 e. The Balaban J connectivity index is 2.03. The average molecular weight is 277 g/mol. The summed E-state index contributed by atoms with van der Waals surface area (Å²) in [6.07, 6.45) is 6.29. The Kier molecular flexibility index (Phi) is 4.61. The molecule has 1 amide bonds. The van der Waals surface area contributed by atoms with Crippen LogP contribution in [-0.4, -0.2) is 22.1 Å². The molecule has 0 aliphatic heterocycles. The molecule has 20 heavy (non-hydrogen) atoms. The van der Waals surface area contributed by atoms with Crippen LogP contribution in [-0.2, 0) is 4.79 Å². The second-order valence-electron chi connectivity index (χ2n) is 5.21. The van der Waals surface area contributed by atoms with Crippen molar-refractivity contribution in [1.29, 1.82) is 0 Å². The minimum absolute atomic E-state index is 0.0128. The van der Waals surface area contributed by atoms with E-state index in [1.165, 1.54) is 31.0 Å². The van der Waals surface area contributed by atoms with Crippen LogP contribution in [0.25, 0.3) is 0 Å². The summed E-state index contributed by atoms with van der Waals surface area (Å²) >= 11 is 0. The molecule has 1 aromatic rings. The van der Waals surface area contributed by atoms with Crippen molar-refractivity contribution < 1.29 is 19.8 Å². The van der Waals surface area contributed by atoms with Gasteiger partial charge in [0.25, 0.3) is 0 Å². The fraction of sp³-hybridized carbons (Fsp3) is 0.467. The number of carbonyl (C=O) groups excluding carboxylic acids is 1. The van der Waals surface area contributed by atoms with E-state index in [1.807, 2.05) is 0 Å². The first kappa shape index (κ1) is 14.4. The van der Waals surface area contributed by atoms with Crippen LogP contribution in [0.1, 0.15) is 48.9 Å². The number of aromatic carboxylic acids is 1. The number of amides is 1. The summed E-state index contributed by atoms with van der Waals surface area (Å²) in [5.41, 5.74) is 0.263. The van der Waals surface area contributed by atoms with Gasteiger partial charge in [-0.05, 0) is 25.0 Å². The fourth-order valence-electron chi connectivity index (χ4n) is 2.58. The molecule has 0 spiro atoms. The first-order chi connectivity index (χ1) is 9.58. The van der Waals surface area contributed by atoms with Crippen molar-refractivity contribution in [3.05, 3.63) is 23.8 Å². The Hall–Kier alpha value is -2.04. The molecule has 2 rings (SSSR count). The van der Waals surface area contributed by atoms with Gasteiger partial charge in [0.2, 0.25) is 5.91 Å². The summed E-state index contributed by atoms with van der Waals surface area (Å²) in [4.78, 5) is 22.9. The molecule has 1 saturated carbocycles. The number of benzene rings is 1. The van der Waals surface area contributed by atoms with Gasteiger partial charge >= 0.3 is 5.97 Å². The van der Waals surface area contributed by atoms with E-state index in [-0.39, 0.29) is 23.1 Å². The zero-order valence-electron chi connectivity index (χ0n) is 11.3. The second kappa shape index (κ2) is 6.41. The van der Waals surface area contributed by atoms with Gasteiger partial charge in [0.15, 0.2) is 0 Å². The number of hydrogen-bond donors (Lipinski definition) is 3. The highest BCUT2D eigenvalue weighted by atomic mass is 16.4. The predicted molar refractivity (Wildman–Crippen MR) is 74.9 cm³/mol. The Labute approximate surface area is 117 Å². The lowest BCUT2D eigenvalue weighted by molar-refractivity contribution is -0.120. The molecule has 0 atom stereocenters. The summed E-state index contributed by atoms with van der Waals surface area (Å²) in [7, 11) is 0. The highest BCUT2D eigenvalue weighted by molar-refractivity contribution is 5.95. The number of carboxylic acids is 1. The fourth-order valence-corrected chi connectivity index (χ4v) is 2.58. The lowest BCUT2D eigenvalue weighted by Crippen LogP contribution is -2.22. The summed E-state index contributed by atoms with van der Waals surface area (Å²) in [5, 5.41) is 21.2. The third-order valence-corrected chi connectivity index (χ3v) is 3.72. The maximum atomic E-state index is 12.1. The van der Waals surface area contributed by atoms with Crippen molar-refractivity contribution in [2.75, 3.05) is 5.32 Å². The topological polar surface area (TPSA) is 86.6 Å². The minimum atomic E-state index is -1.19. The first-order valence-electron chi connectivity index (χ1n) is 6.95. The van der Waals surface area contributed by atoms with Gasteiger partial charge in [-0.1, -0.05) is 25.7 Å². The lowest BCUT2D eigenvalue weighted by Gasteiger charge is -2.14. The molecule has 5 heteroatoms. The molecule has 1 aromatic carbocycles. The van der Waals surface area contributed by atoms with Gasteiger partial charge in [-0.15, -0.1) is 0 Å². The van der Waals surface area contributed by atoms with Crippen molar-refractivity contribution in [2.45, 2.75) is 38.5 Å². The van der Waals surface area contributed by atoms with Gasteiger partial charge in [0, 0.05) is 17.7 Å². The molecule has 0 radical (unpaired) electrons. The van der Waals surface area contributed by atoms with Gasteiger partial charge in [0.05, 0.1) is 0 Å². The Morgan fingerprint density at radius 2 is 1.75 bits per heavy atom. The minimum Gasteiger partial charge on any atom is -0.507 e. The average Bonchev–Trinajstić information content (AvgIpc) is 2.67. The van der Waals surface area contributed by atoms with Crippen molar-refractivity contribution >= 4 is 17.6 Å². The van der Waals surface area contributed by atoms with E-state index in [4.69, 9.17) is 5.11 Å². The standard InChI is InChI=1S/C15H19NO4/c17-13-9-11(7-8-12(13)15(19)20)16-14(18)10-5-3-1-2-4-6-10/h7-10,17H,1-6H2,(H,16,18)(H,19,20). The number of hydrogen-bond acceptors (Lipinski definition) is 3. The van der Waals surface area contributed by atoms with Gasteiger partial charge in [-0.2, -0.15) is 0 Å². The Morgan fingerprint density at radius 1 is 1.10 bits per heavy atom. The van der Waals surface area contributed by atoms with Crippen molar-refractivity contribution in [1.82, 2.24) is 0 Å². The number of rotatable bonds is 3. The second-order valence-corrected chi connectivity index (χ2v) is 5.21.